The van der Waals surface area contributed by atoms with Gasteiger partial charge in [0.2, 0.25) is 0 Å². The summed E-state index contributed by atoms with van der Waals surface area (Å²) in [5.41, 5.74) is 0.454. The van der Waals surface area contributed by atoms with E-state index in [-0.39, 0.29) is 17.3 Å². The largest absolute Gasteiger partial charge is 0.504 e. The average Bonchev–Trinajstić information content (AvgIpc) is 3.12. The van der Waals surface area contributed by atoms with Crippen molar-refractivity contribution in [3.63, 3.8) is 0 Å². The second-order valence-corrected chi connectivity index (χ2v) is 6.05. The van der Waals surface area contributed by atoms with Gasteiger partial charge in [-0.05, 0) is 50.6 Å². The third-order valence-electron chi connectivity index (χ3n) is 4.57. The summed E-state index contributed by atoms with van der Waals surface area (Å²) in [5, 5.41) is 18.8. The van der Waals surface area contributed by atoms with Crippen LogP contribution in [0.2, 0.25) is 0 Å². The normalized spacial score (nSPS) is 23.7. The number of benzene rings is 1. The van der Waals surface area contributed by atoms with E-state index in [2.05, 4.69) is 9.80 Å². The molecule has 0 aromatic heterocycles. The molecule has 0 radical (unpaired) electrons. The van der Waals surface area contributed by atoms with Crippen molar-refractivity contribution < 1.29 is 15.0 Å². The van der Waals surface area contributed by atoms with Crippen LogP contribution in [0.15, 0.2) is 18.2 Å². The molecular formula is C16H22N2O3. The van der Waals surface area contributed by atoms with Crippen LogP contribution in [0.5, 0.6) is 11.5 Å². The second-order valence-electron chi connectivity index (χ2n) is 6.05. The summed E-state index contributed by atoms with van der Waals surface area (Å²) in [5.74, 6) is -0.439. The number of carbonyl (C=O) groups excluding carboxylic acids is 1. The number of carbonyl (C=O) groups is 1. The molecule has 2 saturated heterocycles. The van der Waals surface area contributed by atoms with Crippen molar-refractivity contribution in [1.82, 2.24) is 9.80 Å². The SMILES string of the molecule is O=C(CN1CCC(N2CCCC2)C1)c1ccc(O)c(O)c1. The van der Waals surface area contributed by atoms with Crippen molar-refractivity contribution in [2.24, 2.45) is 0 Å². The predicted molar refractivity (Wildman–Crippen MR) is 79.8 cm³/mol. The number of aromatic hydroxyl groups is 2. The van der Waals surface area contributed by atoms with Crippen molar-refractivity contribution >= 4 is 5.78 Å². The minimum absolute atomic E-state index is 0.00706. The zero-order valence-corrected chi connectivity index (χ0v) is 12.2. The zero-order chi connectivity index (χ0) is 14.8. The van der Waals surface area contributed by atoms with Gasteiger partial charge in [-0.3, -0.25) is 14.6 Å². The first-order chi connectivity index (χ1) is 10.1. The van der Waals surface area contributed by atoms with Crippen molar-refractivity contribution in [2.75, 3.05) is 32.7 Å². The number of nitrogens with zero attached hydrogens (tertiary/aromatic N) is 2. The van der Waals surface area contributed by atoms with Gasteiger partial charge >= 0.3 is 0 Å². The van der Waals surface area contributed by atoms with Gasteiger partial charge in [0.25, 0.3) is 0 Å². The fourth-order valence-electron chi connectivity index (χ4n) is 3.35. The Labute approximate surface area is 124 Å². The van der Waals surface area contributed by atoms with E-state index >= 15 is 0 Å². The van der Waals surface area contributed by atoms with Gasteiger partial charge in [0.15, 0.2) is 17.3 Å². The standard InChI is InChI=1S/C16H22N2O3/c19-14-4-3-12(9-15(14)20)16(21)11-17-8-5-13(10-17)18-6-1-2-7-18/h3-4,9,13,19-20H,1-2,5-8,10-11H2. The monoisotopic (exact) mass is 290 g/mol. The third-order valence-corrected chi connectivity index (χ3v) is 4.57. The lowest BCUT2D eigenvalue weighted by molar-refractivity contribution is 0.0940. The fourth-order valence-corrected chi connectivity index (χ4v) is 3.35. The molecule has 1 atom stereocenters. The van der Waals surface area contributed by atoms with Crippen LogP contribution in [-0.4, -0.2) is 64.6 Å². The van der Waals surface area contributed by atoms with E-state index in [0.717, 1.165) is 19.5 Å². The maximum absolute atomic E-state index is 12.2. The highest BCUT2D eigenvalue weighted by atomic mass is 16.3. The first kappa shape index (κ1) is 14.4. The van der Waals surface area contributed by atoms with Crippen LogP contribution in [0, 0.1) is 0 Å². The summed E-state index contributed by atoms with van der Waals surface area (Å²) in [6.07, 6.45) is 3.72. The predicted octanol–water partition coefficient (Wildman–Crippen LogP) is 1.45. The number of phenolic OH excluding ortho intramolecular Hbond substituents is 2. The lowest BCUT2D eigenvalue weighted by atomic mass is 10.1. The zero-order valence-electron chi connectivity index (χ0n) is 12.2. The van der Waals surface area contributed by atoms with Gasteiger partial charge in [-0.1, -0.05) is 0 Å². The molecule has 21 heavy (non-hydrogen) atoms. The molecule has 1 aromatic carbocycles. The average molecular weight is 290 g/mol. The summed E-state index contributed by atoms with van der Waals surface area (Å²) in [7, 11) is 0. The molecule has 5 heteroatoms. The number of hydrogen-bond acceptors (Lipinski definition) is 5. The molecule has 0 saturated carbocycles. The van der Waals surface area contributed by atoms with Gasteiger partial charge in [0.05, 0.1) is 6.54 Å². The Hall–Kier alpha value is -1.59. The van der Waals surface area contributed by atoms with Crippen molar-refractivity contribution in [3.8, 4) is 11.5 Å². The Morgan fingerprint density at radius 3 is 2.62 bits per heavy atom. The van der Waals surface area contributed by atoms with Crippen LogP contribution in [0.1, 0.15) is 29.6 Å². The molecule has 2 aliphatic heterocycles. The summed E-state index contributed by atoms with van der Waals surface area (Å²) >= 11 is 0. The van der Waals surface area contributed by atoms with Crippen LogP contribution in [-0.2, 0) is 0 Å². The quantitative estimate of drug-likeness (QED) is 0.649. The smallest absolute Gasteiger partial charge is 0.176 e. The summed E-state index contributed by atoms with van der Waals surface area (Å²) in [6, 6.07) is 4.85. The number of ketones is 1. The molecule has 3 rings (SSSR count). The van der Waals surface area contributed by atoms with E-state index in [1.807, 2.05) is 0 Å². The van der Waals surface area contributed by atoms with Crippen LogP contribution in [0.25, 0.3) is 0 Å². The molecule has 0 aliphatic carbocycles. The van der Waals surface area contributed by atoms with E-state index in [0.29, 0.717) is 18.2 Å². The Kier molecular flexibility index (Phi) is 4.12. The fraction of sp³-hybridized carbons (Fsp3) is 0.562. The molecular weight excluding hydrogens is 268 g/mol. The molecule has 2 heterocycles. The molecule has 0 bridgehead atoms. The summed E-state index contributed by atoms with van der Waals surface area (Å²) < 4.78 is 0. The maximum atomic E-state index is 12.2. The van der Waals surface area contributed by atoms with Crippen LogP contribution in [0.4, 0.5) is 0 Å². The van der Waals surface area contributed by atoms with E-state index in [1.165, 1.54) is 38.1 Å². The van der Waals surface area contributed by atoms with E-state index in [1.54, 1.807) is 6.07 Å². The number of hydrogen-bond donors (Lipinski definition) is 2. The molecule has 2 N–H and O–H groups in total. The van der Waals surface area contributed by atoms with Gasteiger partial charge < -0.3 is 10.2 Å². The van der Waals surface area contributed by atoms with Crippen molar-refractivity contribution in [3.05, 3.63) is 23.8 Å². The molecule has 5 nitrogen and oxygen atoms in total. The molecule has 2 fully saturated rings. The number of Topliss-reactive ketones (excluding diaryl/α,β-unsaturated/α-hetero) is 1. The molecule has 114 valence electrons. The highest BCUT2D eigenvalue weighted by Crippen LogP contribution is 2.26. The van der Waals surface area contributed by atoms with Crippen LogP contribution < -0.4 is 0 Å². The van der Waals surface area contributed by atoms with Crippen molar-refractivity contribution in [1.29, 1.82) is 0 Å². The van der Waals surface area contributed by atoms with Gasteiger partial charge in [-0.2, -0.15) is 0 Å². The van der Waals surface area contributed by atoms with E-state index < -0.39 is 0 Å². The Morgan fingerprint density at radius 2 is 1.90 bits per heavy atom. The number of likely N-dealkylation sites (tertiary alicyclic amines) is 2. The van der Waals surface area contributed by atoms with Gasteiger partial charge in [-0.25, -0.2) is 0 Å². The van der Waals surface area contributed by atoms with E-state index in [9.17, 15) is 15.0 Å². The summed E-state index contributed by atoms with van der Waals surface area (Å²) in [4.78, 5) is 17.0. The maximum Gasteiger partial charge on any atom is 0.176 e. The second kappa shape index (κ2) is 6.03. The Bertz CT molecular complexity index is 526. The number of rotatable bonds is 4. The summed E-state index contributed by atoms with van der Waals surface area (Å²) in [6.45, 7) is 4.68. The molecule has 0 amide bonds. The Morgan fingerprint density at radius 1 is 1.14 bits per heavy atom. The first-order valence-electron chi connectivity index (χ1n) is 7.65. The van der Waals surface area contributed by atoms with Gasteiger partial charge in [0, 0.05) is 24.7 Å². The van der Waals surface area contributed by atoms with Crippen LogP contribution >= 0.6 is 0 Å². The molecule has 1 unspecified atom stereocenters. The lowest BCUT2D eigenvalue weighted by Gasteiger charge is -2.23. The number of phenols is 2. The molecule has 2 aliphatic rings. The highest BCUT2D eigenvalue weighted by molar-refractivity contribution is 5.98. The lowest BCUT2D eigenvalue weighted by Crippen LogP contribution is -2.36. The van der Waals surface area contributed by atoms with Crippen molar-refractivity contribution in [2.45, 2.75) is 25.3 Å². The third kappa shape index (κ3) is 3.19. The van der Waals surface area contributed by atoms with E-state index in [4.69, 9.17) is 0 Å². The highest BCUT2D eigenvalue weighted by Gasteiger charge is 2.30. The minimum atomic E-state index is -0.239. The van der Waals surface area contributed by atoms with Gasteiger partial charge in [0.1, 0.15) is 0 Å². The topological polar surface area (TPSA) is 64.0 Å². The minimum Gasteiger partial charge on any atom is -0.504 e. The first-order valence-corrected chi connectivity index (χ1v) is 7.65. The molecule has 0 spiro atoms. The van der Waals surface area contributed by atoms with Crippen LogP contribution in [0.3, 0.4) is 0 Å². The Balaban J connectivity index is 1.56. The molecule has 1 aromatic rings. The van der Waals surface area contributed by atoms with Gasteiger partial charge in [-0.15, -0.1) is 0 Å².